The molecule has 0 unspecified atom stereocenters. The number of Topliss-reactive ketones (excluding diaryl/α,β-unsaturated/α-hetero) is 1. The minimum Gasteiger partial charge on any atom is -0.492 e. The molecule has 0 atom stereocenters. The Labute approximate surface area is 263 Å². The first-order valence-electron chi connectivity index (χ1n) is 15.1. The summed E-state index contributed by atoms with van der Waals surface area (Å²) < 4.78 is 22.4. The fraction of sp³-hybridized carbons (Fsp3) is 0.500. The van der Waals surface area contributed by atoms with E-state index in [1.54, 1.807) is 0 Å². The van der Waals surface area contributed by atoms with Gasteiger partial charge in [0.2, 0.25) is 0 Å². The van der Waals surface area contributed by atoms with Crippen molar-refractivity contribution < 1.29 is 38.5 Å². The Morgan fingerprint density at radius 1 is 0.889 bits per heavy atom. The first kappa shape index (κ1) is 33.8. The molecule has 0 aromatic heterocycles. The first-order valence-corrected chi connectivity index (χ1v) is 15.1. The maximum absolute atomic E-state index is 12.0. The SMILES string of the molecule is Cc1cc(OCCN2CCOCC2)c(C)c2c1NC(=O)C2=O.Cc1cc(OCCN2CCOCC2)c(C)cc1NC(=O)/C=N/O. The van der Waals surface area contributed by atoms with Crippen molar-refractivity contribution in [1.29, 1.82) is 0 Å². The Hall–Kier alpha value is -4.04. The molecule has 5 rings (SSSR count). The summed E-state index contributed by atoms with van der Waals surface area (Å²) in [4.78, 5) is 39.5. The lowest BCUT2D eigenvalue weighted by molar-refractivity contribution is -0.112. The summed E-state index contributed by atoms with van der Waals surface area (Å²) in [6.07, 6.45) is 0.821. The predicted molar refractivity (Wildman–Crippen MR) is 169 cm³/mol. The highest BCUT2D eigenvalue weighted by molar-refractivity contribution is 6.52. The molecule has 0 saturated carbocycles. The van der Waals surface area contributed by atoms with Gasteiger partial charge >= 0.3 is 0 Å². The van der Waals surface area contributed by atoms with Crippen molar-refractivity contribution in [1.82, 2.24) is 9.80 Å². The van der Waals surface area contributed by atoms with Gasteiger partial charge < -0.3 is 34.8 Å². The second kappa shape index (κ2) is 16.3. The van der Waals surface area contributed by atoms with Crippen LogP contribution in [0.5, 0.6) is 11.5 Å². The van der Waals surface area contributed by atoms with Crippen LogP contribution in [-0.4, -0.2) is 118 Å². The molecule has 0 bridgehead atoms. The van der Waals surface area contributed by atoms with Crippen molar-refractivity contribution in [2.75, 3.05) is 89.5 Å². The second-order valence-electron chi connectivity index (χ2n) is 11.1. The van der Waals surface area contributed by atoms with Crippen molar-refractivity contribution in [3.05, 3.63) is 46.0 Å². The predicted octanol–water partition coefficient (Wildman–Crippen LogP) is 2.56. The number of ether oxygens (including phenoxy) is 4. The third kappa shape index (κ3) is 9.24. The fourth-order valence-corrected chi connectivity index (χ4v) is 5.28. The average Bonchev–Trinajstić information content (AvgIpc) is 3.34. The van der Waals surface area contributed by atoms with E-state index in [2.05, 4.69) is 25.6 Å². The number of aryl methyl sites for hydroxylation is 3. The highest BCUT2D eigenvalue weighted by Gasteiger charge is 2.32. The summed E-state index contributed by atoms with van der Waals surface area (Å²) in [5.41, 5.74) is 5.14. The maximum Gasteiger partial charge on any atom is 0.296 e. The molecule has 3 N–H and O–H groups in total. The van der Waals surface area contributed by atoms with Gasteiger partial charge in [0.15, 0.2) is 0 Å². The third-order valence-electron chi connectivity index (χ3n) is 7.90. The van der Waals surface area contributed by atoms with E-state index in [0.29, 0.717) is 35.9 Å². The molecule has 2 amide bonds. The van der Waals surface area contributed by atoms with Crippen LogP contribution in [-0.2, 0) is 19.1 Å². The van der Waals surface area contributed by atoms with E-state index in [-0.39, 0.29) is 0 Å². The molecule has 13 nitrogen and oxygen atoms in total. The summed E-state index contributed by atoms with van der Waals surface area (Å²) in [7, 11) is 0. The van der Waals surface area contributed by atoms with E-state index in [0.717, 1.165) is 99.9 Å². The molecular formula is C32H43N5O8. The van der Waals surface area contributed by atoms with Crippen molar-refractivity contribution in [2.24, 2.45) is 5.16 Å². The quantitative estimate of drug-likeness (QED) is 0.156. The van der Waals surface area contributed by atoms with Gasteiger partial charge in [0, 0.05) is 50.5 Å². The molecule has 2 aromatic rings. The second-order valence-corrected chi connectivity index (χ2v) is 11.1. The number of ketones is 1. The van der Waals surface area contributed by atoms with Crippen LogP contribution < -0.4 is 20.1 Å². The van der Waals surface area contributed by atoms with Gasteiger partial charge in [-0.1, -0.05) is 5.16 Å². The normalized spacial score (nSPS) is 17.0. The molecule has 0 radical (unpaired) electrons. The number of oxime groups is 1. The number of carbonyl (C=O) groups excluding carboxylic acids is 3. The molecule has 45 heavy (non-hydrogen) atoms. The number of hydrogen-bond acceptors (Lipinski definition) is 11. The zero-order valence-corrected chi connectivity index (χ0v) is 26.4. The molecular weight excluding hydrogens is 582 g/mol. The Bertz CT molecular complexity index is 1400. The van der Waals surface area contributed by atoms with Gasteiger partial charge in [0.1, 0.15) is 30.9 Å². The van der Waals surface area contributed by atoms with Gasteiger partial charge in [-0.2, -0.15) is 0 Å². The lowest BCUT2D eigenvalue weighted by Gasteiger charge is -2.26. The summed E-state index contributed by atoms with van der Waals surface area (Å²) in [5.74, 6) is -0.0316. The molecule has 2 aromatic carbocycles. The third-order valence-corrected chi connectivity index (χ3v) is 7.90. The maximum atomic E-state index is 12.0. The van der Waals surface area contributed by atoms with Gasteiger partial charge in [0.25, 0.3) is 17.6 Å². The highest BCUT2D eigenvalue weighted by Crippen LogP contribution is 2.35. The summed E-state index contributed by atoms with van der Waals surface area (Å²) >= 11 is 0. The average molecular weight is 626 g/mol. The van der Waals surface area contributed by atoms with Gasteiger partial charge in [-0.25, -0.2) is 0 Å². The zero-order chi connectivity index (χ0) is 32.3. The lowest BCUT2D eigenvalue weighted by atomic mass is 10.0. The number of anilines is 2. The molecule has 2 fully saturated rings. The van der Waals surface area contributed by atoms with Crippen molar-refractivity contribution in [3.63, 3.8) is 0 Å². The van der Waals surface area contributed by atoms with Crippen molar-refractivity contribution >= 4 is 35.2 Å². The molecule has 3 aliphatic heterocycles. The standard InChI is InChI=1S/C16H23N3O4.C16H20N2O4/c1-12-10-15(23-8-5-19-3-6-22-7-4-19)13(2)9-14(12)18-16(20)11-17-21;1-10-9-12(22-8-5-18-3-6-21-7-4-18)11(2)13-14(10)17-16(20)15(13)19/h9-11,21H,3-8H2,1-2H3,(H,18,20);9H,3-8H2,1-2H3,(H,17,19,20)/b17-11+;. The highest BCUT2D eigenvalue weighted by atomic mass is 16.5. The molecule has 0 aliphatic carbocycles. The van der Waals surface area contributed by atoms with Gasteiger partial charge in [-0.05, 0) is 62.6 Å². The lowest BCUT2D eigenvalue weighted by Crippen LogP contribution is -2.38. The van der Waals surface area contributed by atoms with Crippen molar-refractivity contribution in [3.8, 4) is 11.5 Å². The van der Waals surface area contributed by atoms with E-state index in [9.17, 15) is 14.4 Å². The number of carbonyl (C=O) groups is 3. The number of nitrogens with zero attached hydrogens (tertiary/aromatic N) is 3. The van der Waals surface area contributed by atoms with E-state index >= 15 is 0 Å². The number of benzene rings is 2. The molecule has 0 spiro atoms. The number of morpholine rings is 2. The number of rotatable bonds is 10. The number of amides is 2. The fourth-order valence-electron chi connectivity index (χ4n) is 5.28. The summed E-state index contributed by atoms with van der Waals surface area (Å²) in [6, 6.07) is 5.63. The van der Waals surface area contributed by atoms with Crippen LogP contribution in [0.3, 0.4) is 0 Å². The van der Waals surface area contributed by atoms with Crippen LogP contribution >= 0.6 is 0 Å². The Morgan fingerprint density at radius 2 is 1.44 bits per heavy atom. The largest absolute Gasteiger partial charge is 0.492 e. The molecule has 3 heterocycles. The molecule has 244 valence electrons. The molecule has 2 saturated heterocycles. The Kier molecular flexibility index (Phi) is 12.3. The zero-order valence-electron chi connectivity index (χ0n) is 26.4. The number of nitrogens with one attached hydrogen (secondary N) is 2. The van der Waals surface area contributed by atoms with Crippen LogP contribution in [0.15, 0.2) is 23.4 Å². The minimum atomic E-state index is -0.563. The topological polar surface area (TPSA) is 151 Å². The summed E-state index contributed by atoms with van der Waals surface area (Å²) in [6.45, 7) is 17.2. The van der Waals surface area contributed by atoms with E-state index in [4.69, 9.17) is 24.2 Å². The smallest absolute Gasteiger partial charge is 0.296 e. The van der Waals surface area contributed by atoms with E-state index in [1.165, 1.54) is 0 Å². The molecule has 3 aliphatic rings. The first-order chi connectivity index (χ1) is 21.7. The summed E-state index contributed by atoms with van der Waals surface area (Å²) in [5, 5.41) is 16.4. The van der Waals surface area contributed by atoms with Crippen molar-refractivity contribution in [2.45, 2.75) is 27.7 Å². The Morgan fingerprint density at radius 3 is 2.02 bits per heavy atom. The van der Waals surface area contributed by atoms with Crippen LogP contribution in [0, 0.1) is 27.7 Å². The monoisotopic (exact) mass is 625 g/mol. The van der Waals surface area contributed by atoms with Gasteiger partial charge in [-0.15, -0.1) is 0 Å². The number of hydrogen-bond donors (Lipinski definition) is 3. The van der Waals surface area contributed by atoms with Crippen LogP contribution in [0.4, 0.5) is 11.4 Å². The van der Waals surface area contributed by atoms with Crippen LogP contribution in [0.25, 0.3) is 0 Å². The van der Waals surface area contributed by atoms with Gasteiger partial charge in [-0.3, -0.25) is 24.2 Å². The van der Waals surface area contributed by atoms with Crippen LogP contribution in [0.2, 0.25) is 0 Å². The van der Waals surface area contributed by atoms with E-state index < -0.39 is 17.6 Å². The minimum absolute atomic E-state index is 0.450. The Balaban J connectivity index is 0.000000205. The van der Waals surface area contributed by atoms with E-state index in [1.807, 2.05) is 45.9 Å². The van der Waals surface area contributed by atoms with Crippen LogP contribution in [0.1, 0.15) is 32.6 Å². The van der Waals surface area contributed by atoms with Gasteiger partial charge in [0.05, 0.1) is 37.7 Å². The number of fused-ring (bicyclic) bond motifs is 1. The molecule has 13 heteroatoms.